The van der Waals surface area contributed by atoms with E-state index in [1.165, 1.54) is 0 Å². The first-order chi connectivity index (χ1) is 6.07. The van der Waals surface area contributed by atoms with E-state index in [0.29, 0.717) is 0 Å². The zero-order valence-corrected chi connectivity index (χ0v) is 10.6. The first kappa shape index (κ1) is 13.6. The molecule has 0 aromatic carbocycles. The van der Waals surface area contributed by atoms with E-state index in [1.54, 1.807) is 17.8 Å². The van der Waals surface area contributed by atoms with Crippen LogP contribution in [0.3, 0.4) is 0 Å². The Labute approximate surface area is 94.5 Å². The second kappa shape index (κ2) is 7.94. The molecule has 1 unspecified atom stereocenters. The van der Waals surface area contributed by atoms with Crippen molar-refractivity contribution in [1.29, 1.82) is 0 Å². The van der Waals surface area contributed by atoms with Gasteiger partial charge in [-0.25, -0.2) is 7.84 Å². The van der Waals surface area contributed by atoms with E-state index >= 15 is 0 Å². The maximum atomic E-state index is 10.4. The van der Waals surface area contributed by atoms with Crippen LogP contribution in [0, 0.1) is 0 Å². The summed E-state index contributed by atoms with van der Waals surface area (Å²) in [7, 11) is 3.39. The largest absolute Gasteiger partial charge is 0.268 e. The lowest BCUT2D eigenvalue weighted by Gasteiger charge is -2.04. The van der Waals surface area contributed by atoms with Gasteiger partial charge >= 0.3 is 0 Å². The van der Waals surface area contributed by atoms with Crippen LogP contribution in [-0.2, 0) is 13.9 Å². The number of allylic oxidation sites excluding steroid dienone is 1. The summed E-state index contributed by atoms with van der Waals surface area (Å²) in [5, 5.41) is 0. The summed E-state index contributed by atoms with van der Waals surface area (Å²) in [6.07, 6.45) is 1.80. The average Bonchev–Trinajstić information content (AvgIpc) is 2.03. The summed E-state index contributed by atoms with van der Waals surface area (Å²) >= 11 is 2.62. The molecule has 0 saturated heterocycles. The summed E-state index contributed by atoms with van der Waals surface area (Å²) < 4.78 is 16.1. The van der Waals surface area contributed by atoms with Crippen molar-refractivity contribution in [2.75, 3.05) is 5.75 Å². The lowest BCUT2D eigenvalue weighted by atomic mass is 10.4. The molecular formula is C7H11ClO2S3. The summed E-state index contributed by atoms with van der Waals surface area (Å²) in [5.74, 6) is 0.797. The SMILES string of the molecule is C=CCSC(SOS(=O)Cl)=C(C)C. The Morgan fingerprint density at radius 3 is 2.69 bits per heavy atom. The first-order valence-corrected chi connectivity index (χ1v) is 7.05. The topological polar surface area (TPSA) is 26.3 Å². The van der Waals surface area contributed by atoms with Gasteiger partial charge in [0.1, 0.15) is 0 Å². The molecule has 0 spiro atoms. The average molecular weight is 259 g/mol. The summed E-state index contributed by atoms with van der Waals surface area (Å²) in [6.45, 7) is 7.52. The Balaban J connectivity index is 4.04. The molecule has 1 atom stereocenters. The highest BCUT2D eigenvalue weighted by Crippen LogP contribution is 2.33. The van der Waals surface area contributed by atoms with E-state index in [-0.39, 0.29) is 0 Å². The molecule has 76 valence electrons. The predicted molar refractivity (Wildman–Crippen MR) is 63.7 cm³/mol. The van der Waals surface area contributed by atoms with Crippen molar-refractivity contribution >= 4 is 44.8 Å². The lowest BCUT2D eigenvalue weighted by Crippen LogP contribution is -1.82. The van der Waals surface area contributed by atoms with Gasteiger partial charge in [-0.05, 0) is 13.8 Å². The number of hydrogen-bond acceptors (Lipinski definition) is 4. The standard InChI is InChI=1S/C7H11ClO2S3/c1-4-5-11-7(6(2)3)12-10-13(8)9/h4H,1,5H2,2-3H3. The highest BCUT2D eigenvalue weighted by Gasteiger charge is 2.04. The molecule has 0 heterocycles. The Morgan fingerprint density at radius 2 is 2.31 bits per heavy atom. The Morgan fingerprint density at radius 1 is 1.69 bits per heavy atom. The van der Waals surface area contributed by atoms with Gasteiger partial charge in [0.05, 0.1) is 16.3 Å². The fourth-order valence-electron chi connectivity index (χ4n) is 0.444. The summed E-state index contributed by atoms with van der Waals surface area (Å²) in [6, 6.07) is 0. The third kappa shape index (κ3) is 7.64. The molecule has 0 N–H and O–H groups in total. The van der Waals surface area contributed by atoms with Crippen molar-refractivity contribution in [3.05, 3.63) is 22.5 Å². The lowest BCUT2D eigenvalue weighted by molar-refractivity contribution is 0.626. The van der Waals surface area contributed by atoms with Crippen molar-refractivity contribution in [2.24, 2.45) is 0 Å². The third-order valence-electron chi connectivity index (χ3n) is 0.904. The highest BCUT2D eigenvalue weighted by molar-refractivity contribution is 8.24. The molecule has 0 rings (SSSR count). The van der Waals surface area contributed by atoms with Crippen LogP contribution in [0.2, 0.25) is 0 Å². The van der Waals surface area contributed by atoms with Crippen LogP contribution in [0.5, 0.6) is 0 Å². The minimum absolute atomic E-state index is 0.797. The molecular weight excluding hydrogens is 248 g/mol. The minimum atomic E-state index is -1.75. The molecule has 13 heavy (non-hydrogen) atoms. The van der Waals surface area contributed by atoms with Crippen molar-refractivity contribution < 1.29 is 7.84 Å². The second-order valence-electron chi connectivity index (χ2n) is 2.23. The van der Waals surface area contributed by atoms with Crippen LogP contribution in [0.15, 0.2) is 22.5 Å². The molecule has 0 aliphatic heterocycles. The summed E-state index contributed by atoms with van der Waals surface area (Å²) in [4.78, 5) is 0. The molecule has 0 aliphatic rings. The van der Waals surface area contributed by atoms with Gasteiger partial charge in [0.15, 0.2) is 0 Å². The Bertz CT molecular complexity index is 224. The molecule has 0 aliphatic carbocycles. The van der Waals surface area contributed by atoms with Gasteiger partial charge in [0.2, 0.25) is 0 Å². The monoisotopic (exact) mass is 258 g/mol. The number of halogens is 1. The smallest absolute Gasteiger partial charge is 0.211 e. The van der Waals surface area contributed by atoms with Crippen LogP contribution in [0.4, 0.5) is 0 Å². The second-order valence-corrected chi connectivity index (χ2v) is 5.78. The van der Waals surface area contributed by atoms with Crippen LogP contribution in [0.1, 0.15) is 13.8 Å². The van der Waals surface area contributed by atoms with E-state index in [0.717, 1.165) is 27.6 Å². The van der Waals surface area contributed by atoms with Crippen LogP contribution >= 0.6 is 34.5 Å². The molecule has 0 saturated carbocycles. The molecule has 0 amide bonds. The number of thioether (sulfide) groups is 1. The molecule has 0 fully saturated rings. The first-order valence-electron chi connectivity index (χ1n) is 3.42. The predicted octanol–water partition coefficient (Wildman–Crippen LogP) is 3.64. The fourth-order valence-corrected chi connectivity index (χ4v) is 2.51. The van der Waals surface area contributed by atoms with E-state index < -0.39 is 10.3 Å². The van der Waals surface area contributed by atoms with Crippen LogP contribution < -0.4 is 0 Å². The van der Waals surface area contributed by atoms with Crippen LogP contribution in [0.25, 0.3) is 0 Å². The zero-order valence-electron chi connectivity index (χ0n) is 7.41. The molecule has 0 bridgehead atoms. The van der Waals surface area contributed by atoms with Crippen molar-refractivity contribution in [2.45, 2.75) is 13.8 Å². The molecule has 0 aromatic rings. The van der Waals surface area contributed by atoms with Gasteiger partial charge < -0.3 is 0 Å². The van der Waals surface area contributed by atoms with Gasteiger partial charge in [-0.3, -0.25) is 0 Å². The van der Waals surface area contributed by atoms with Crippen molar-refractivity contribution in [3.8, 4) is 0 Å². The van der Waals surface area contributed by atoms with E-state index in [2.05, 4.69) is 6.58 Å². The molecule has 2 nitrogen and oxygen atoms in total. The van der Waals surface area contributed by atoms with Gasteiger partial charge in [-0.2, -0.15) is 0 Å². The molecule has 0 radical (unpaired) electrons. The zero-order chi connectivity index (χ0) is 10.3. The van der Waals surface area contributed by atoms with Crippen LogP contribution in [-0.4, -0.2) is 9.96 Å². The quantitative estimate of drug-likeness (QED) is 0.413. The Kier molecular flexibility index (Phi) is 8.29. The van der Waals surface area contributed by atoms with Gasteiger partial charge in [-0.1, -0.05) is 11.6 Å². The Hall–Kier alpha value is 0.580. The van der Waals surface area contributed by atoms with Gasteiger partial charge in [0, 0.05) is 16.4 Å². The molecule has 6 heteroatoms. The number of hydrogen-bond donors (Lipinski definition) is 0. The minimum Gasteiger partial charge on any atom is -0.211 e. The maximum Gasteiger partial charge on any atom is 0.268 e. The van der Waals surface area contributed by atoms with E-state index in [9.17, 15) is 4.21 Å². The highest BCUT2D eigenvalue weighted by atomic mass is 35.7. The van der Waals surface area contributed by atoms with Gasteiger partial charge in [0.25, 0.3) is 10.3 Å². The third-order valence-corrected chi connectivity index (χ3v) is 4.26. The van der Waals surface area contributed by atoms with Gasteiger partial charge in [-0.15, -0.1) is 18.3 Å². The van der Waals surface area contributed by atoms with Crippen molar-refractivity contribution in [3.63, 3.8) is 0 Å². The summed E-state index contributed by atoms with van der Waals surface area (Å²) in [5.41, 5.74) is 1.11. The van der Waals surface area contributed by atoms with Crippen molar-refractivity contribution in [1.82, 2.24) is 0 Å². The fraction of sp³-hybridized carbons (Fsp3) is 0.429. The number of rotatable bonds is 6. The maximum absolute atomic E-state index is 10.4. The normalized spacial score (nSPS) is 12.2. The van der Waals surface area contributed by atoms with E-state index in [4.69, 9.17) is 14.3 Å². The molecule has 0 aromatic heterocycles. The van der Waals surface area contributed by atoms with E-state index in [1.807, 2.05) is 13.8 Å².